The normalized spacial score (nSPS) is 10.9. The number of nitrogens with one attached hydrogen (secondary N) is 1. The first kappa shape index (κ1) is 20.7. The number of carboxylic acid groups (broad SMARTS) is 1. The molecule has 1 amide bonds. The van der Waals surface area contributed by atoms with E-state index in [9.17, 15) is 14.4 Å². The molecule has 2 N–H and O–H groups in total. The van der Waals surface area contributed by atoms with Crippen LogP contribution < -0.4 is 15.6 Å². The van der Waals surface area contributed by atoms with Gasteiger partial charge in [0, 0.05) is 18.7 Å². The topological polar surface area (TPSA) is 103 Å². The molecule has 30 heavy (non-hydrogen) atoms. The van der Waals surface area contributed by atoms with Crippen molar-refractivity contribution in [3.63, 3.8) is 0 Å². The maximum Gasteiger partial charge on any atom is 0.328 e. The number of benzene rings is 2. The van der Waals surface area contributed by atoms with Crippen molar-refractivity contribution in [3.8, 4) is 11.4 Å². The maximum absolute atomic E-state index is 12.8. The highest BCUT2D eigenvalue weighted by atomic mass is 16.5. The molecule has 0 spiro atoms. The van der Waals surface area contributed by atoms with Crippen molar-refractivity contribution in [2.24, 2.45) is 7.05 Å². The fraction of sp³-hybridized carbons (Fsp3) is 0.136. The Labute approximate surface area is 172 Å². The molecule has 1 heterocycles. The van der Waals surface area contributed by atoms with Gasteiger partial charge in [-0.05, 0) is 31.2 Å². The van der Waals surface area contributed by atoms with Crippen LogP contribution in [0.5, 0.6) is 5.75 Å². The standard InChI is InChI=1S/C22H21N3O5/c1-15-21(22(29)25(24(15)2)17-9-4-3-5-10-17)23-19(26)14-30-18-11-7-6-8-16(18)12-13-20(27)28/h3-13H,14H2,1-2H3,(H,23,26)(H,27,28)/b13-12-. The lowest BCUT2D eigenvalue weighted by atomic mass is 10.2. The average Bonchev–Trinajstić information content (AvgIpc) is 2.95. The summed E-state index contributed by atoms with van der Waals surface area (Å²) < 4.78 is 8.67. The van der Waals surface area contributed by atoms with Crippen molar-refractivity contribution in [3.05, 3.63) is 82.3 Å². The Balaban J connectivity index is 1.76. The second kappa shape index (κ2) is 8.95. The quantitative estimate of drug-likeness (QED) is 0.586. The Morgan fingerprint density at radius 2 is 1.77 bits per heavy atom. The molecule has 154 valence electrons. The third kappa shape index (κ3) is 4.49. The van der Waals surface area contributed by atoms with E-state index in [-0.39, 0.29) is 17.9 Å². The molecule has 8 nitrogen and oxygen atoms in total. The van der Waals surface area contributed by atoms with Gasteiger partial charge in [-0.15, -0.1) is 0 Å². The van der Waals surface area contributed by atoms with Crippen LogP contribution in [0.4, 0.5) is 5.69 Å². The molecule has 0 fully saturated rings. The number of aliphatic carboxylic acids is 1. The second-order valence-electron chi connectivity index (χ2n) is 6.48. The molecule has 0 aliphatic rings. The Kier molecular flexibility index (Phi) is 6.17. The predicted octanol–water partition coefficient (Wildman–Crippen LogP) is 2.60. The van der Waals surface area contributed by atoms with E-state index in [2.05, 4.69) is 5.32 Å². The summed E-state index contributed by atoms with van der Waals surface area (Å²) in [6.07, 6.45) is 2.37. The molecular formula is C22H21N3O5. The number of nitrogens with zero attached hydrogens (tertiary/aromatic N) is 2. The number of carboxylic acids is 1. The van der Waals surface area contributed by atoms with Crippen molar-refractivity contribution in [2.45, 2.75) is 6.92 Å². The van der Waals surface area contributed by atoms with E-state index >= 15 is 0 Å². The highest BCUT2D eigenvalue weighted by molar-refractivity contribution is 5.92. The molecule has 0 bridgehead atoms. The van der Waals surface area contributed by atoms with Gasteiger partial charge in [-0.2, -0.15) is 0 Å². The molecule has 3 aromatic rings. The summed E-state index contributed by atoms with van der Waals surface area (Å²) in [5.41, 5.74) is 1.63. The van der Waals surface area contributed by atoms with Crippen LogP contribution in [0.1, 0.15) is 11.3 Å². The number of rotatable bonds is 7. The summed E-state index contributed by atoms with van der Waals surface area (Å²) in [5, 5.41) is 11.4. The van der Waals surface area contributed by atoms with Crippen molar-refractivity contribution in [2.75, 3.05) is 11.9 Å². The van der Waals surface area contributed by atoms with Crippen LogP contribution in [0.2, 0.25) is 0 Å². The summed E-state index contributed by atoms with van der Waals surface area (Å²) in [7, 11) is 1.74. The van der Waals surface area contributed by atoms with Gasteiger partial charge in [-0.25, -0.2) is 9.48 Å². The van der Waals surface area contributed by atoms with E-state index in [0.717, 1.165) is 6.08 Å². The number of carbonyl (C=O) groups excluding carboxylic acids is 1. The Bertz CT molecular complexity index is 1160. The number of para-hydroxylation sites is 2. The Hall–Kier alpha value is -4.07. The summed E-state index contributed by atoms with van der Waals surface area (Å²) in [5.74, 6) is -1.23. The number of amides is 1. The highest BCUT2D eigenvalue weighted by Gasteiger charge is 2.18. The van der Waals surface area contributed by atoms with Gasteiger partial charge in [0.2, 0.25) is 0 Å². The van der Waals surface area contributed by atoms with E-state index < -0.39 is 11.9 Å². The van der Waals surface area contributed by atoms with Crippen molar-refractivity contribution < 1.29 is 19.4 Å². The van der Waals surface area contributed by atoms with E-state index in [0.29, 0.717) is 22.7 Å². The Morgan fingerprint density at radius 1 is 1.10 bits per heavy atom. The molecule has 2 aromatic carbocycles. The van der Waals surface area contributed by atoms with Gasteiger partial charge in [0.1, 0.15) is 11.4 Å². The van der Waals surface area contributed by atoms with Gasteiger partial charge in [-0.1, -0.05) is 36.4 Å². The lowest BCUT2D eigenvalue weighted by Crippen LogP contribution is -2.25. The van der Waals surface area contributed by atoms with E-state index in [1.165, 1.54) is 10.8 Å². The first-order chi connectivity index (χ1) is 14.4. The molecule has 0 saturated carbocycles. The molecular weight excluding hydrogens is 386 g/mol. The third-order valence-corrected chi connectivity index (χ3v) is 4.50. The van der Waals surface area contributed by atoms with E-state index in [4.69, 9.17) is 9.84 Å². The molecule has 0 aliphatic heterocycles. The third-order valence-electron chi connectivity index (χ3n) is 4.50. The van der Waals surface area contributed by atoms with Crippen molar-refractivity contribution >= 4 is 23.6 Å². The number of carbonyl (C=O) groups is 2. The number of ether oxygens (including phenoxy) is 1. The smallest absolute Gasteiger partial charge is 0.328 e. The highest BCUT2D eigenvalue weighted by Crippen LogP contribution is 2.20. The number of hydrogen-bond donors (Lipinski definition) is 2. The second-order valence-corrected chi connectivity index (χ2v) is 6.48. The summed E-state index contributed by atoms with van der Waals surface area (Å²) in [4.78, 5) is 36.0. The minimum absolute atomic E-state index is 0.175. The molecule has 3 rings (SSSR count). The summed E-state index contributed by atoms with van der Waals surface area (Å²) in [6.45, 7) is 1.40. The van der Waals surface area contributed by atoms with Crippen molar-refractivity contribution in [1.82, 2.24) is 9.36 Å². The lowest BCUT2D eigenvalue weighted by molar-refractivity contribution is -0.131. The largest absolute Gasteiger partial charge is 0.483 e. The molecule has 0 radical (unpaired) electrons. The zero-order valence-corrected chi connectivity index (χ0v) is 16.5. The van der Waals surface area contributed by atoms with Gasteiger partial charge >= 0.3 is 5.97 Å². The number of aromatic nitrogens is 2. The lowest BCUT2D eigenvalue weighted by Gasteiger charge is -2.09. The predicted molar refractivity (Wildman–Crippen MR) is 113 cm³/mol. The molecule has 1 aromatic heterocycles. The van der Waals surface area contributed by atoms with Crippen LogP contribution in [-0.4, -0.2) is 33.0 Å². The molecule has 0 atom stereocenters. The zero-order valence-electron chi connectivity index (χ0n) is 16.5. The summed E-state index contributed by atoms with van der Waals surface area (Å²) in [6, 6.07) is 15.9. The maximum atomic E-state index is 12.8. The Morgan fingerprint density at radius 3 is 2.47 bits per heavy atom. The molecule has 8 heteroatoms. The van der Waals surface area contributed by atoms with Crippen LogP contribution in [-0.2, 0) is 16.6 Å². The first-order valence-corrected chi connectivity index (χ1v) is 9.15. The molecule has 0 aliphatic carbocycles. The van der Waals surface area contributed by atoms with Crippen LogP contribution in [0.25, 0.3) is 11.8 Å². The SMILES string of the molecule is Cc1c(NC(=O)COc2ccccc2/C=C\C(=O)O)c(=O)n(-c2ccccc2)n1C. The van der Waals surface area contributed by atoms with Gasteiger partial charge in [0.05, 0.1) is 11.4 Å². The fourth-order valence-electron chi connectivity index (χ4n) is 2.94. The monoisotopic (exact) mass is 407 g/mol. The van der Waals surface area contributed by atoms with Gasteiger partial charge in [0.25, 0.3) is 11.5 Å². The first-order valence-electron chi connectivity index (χ1n) is 9.15. The van der Waals surface area contributed by atoms with Crippen molar-refractivity contribution in [1.29, 1.82) is 0 Å². The van der Waals surface area contributed by atoms with E-state index in [1.54, 1.807) is 55.1 Å². The minimum Gasteiger partial charge on any atom is -0.483 e. The van der Waals surface area contributed by atoms with Gasteiger partial charge in [0.15, 0.2) is 6.61 Å². The van der Waals surface area contributed by atoms with E-state index in [1.807, 2.05) is 18.2 Å². The number of anilines is 1. The van der Waals surface area contributed by atoms with Crippen LogP contribution in [0.15, 0.2) is 65.5 Å². The van der Waals surface area contributed by atoms with Gasteiger partial charge in [-0.3, -0.25) is 14.3 Å². The molecule has 0 unspecified atom stereocenters. The van der Waals surface area contributed by atoms with Crippen LogP contribution in [0.3, 0.4) is 0 Å². The fourth-order valence-corrected chi connectivity index (χ4v) is 2.94. The van der Waals surface area contributed by atoms with Crippen LogP contribution in [0, 0.1) is 6.92 Å². The summed E-state index contributed by atoms with van der Waals surface area (Å²) >= 11 is 0. The average molecular weight is 407 g/mol. The van der Waals surface area contributed by atoms with Gasteiger partial charge < -0.3 is 15.2 Å². The molecule has 0 saturated heterocycles. The number of hydrogen-bond acceptors (Lipinski definition) is 4. The van der Waals surface area contributed by atoms with Crippen LogP contribution >= 0.6 is 0 Å². The zero-order chi connectivity index (χ0) is 21.7. The minimum atomic E-state index is -1.09.